The van der Waals surface area contributed by atoms with Crippen molar-refractivity contribution in [3.8, 4) is 0 Å². The molecule has 0 heterocycles. The molecule has 5 atom stereocenters. The molecule has 0 aromatic carbocycles. The first-order valence-electron chi connectivity index (χ1n) is 7.66. The van der Waals surface area contributed by atoms with E-state index in [-0.39, 0.29) is 0 Å². The summed E-state index contributed by atoms with van der Waals surface area (Å²) in [6, 6.07) is -5.17. The summed E-state index contributed by atoms with van der Waals surface area (Å²) in [6.45, 7) is 3.75. The topological polar surface area (TPSA) is 208 Å². The second kappa shape index (κ2) is 10.3. The van der Waals surface area contributed by atoms with Crippen LogP contribution >= 0.6 is 0 Å². The molecule has 0 saturated carbocycles. The minimum atomic E-state index is -1.55. The molecule has 26 heavy (non-hydrogen) atoms. The van der Waals surface area contributed by atoms with E-state index < -0.39 is 66.4 Å². The summed E-state index contributed by atoms with van der Waals surface area (Å²) in [5, 5.41) is 33.3. The van der Waals surface area contributed by atoms with Gasteiger partial charge in [0.15, 0.2) is 6.04 Å². The fraction of sp³-hybridized carbons (Fsp3) is 0.643. The van der Waals surface area contributed by atoms with Crippen molar-refractivity contribution in [3.63, 3.8) is 0 Å². The zero-order valence-electron chi connectivity index (χ0n) is 14.6. The maximum Gasteiger partial charge on any atom is 0.328 e. The summed E-state index contributed by atoms with van der Waals surface area (Å²) in [5.74, 6) is -5.20. The zero-order chi connectivity index (χ0) is 20.6. The summed E-state index contributed by atoms with van der Waals surface area (Å²) in [5.41, 5.74) is 5.36. The van der Waals surface area contributed by atoms with Crippen LogP contribution in [0.15, 0.2) is 0 Å². The lowest BCUT2D eigenvalue weighted by atomic mass is 10.1. The van der Waals surface area contributed by atoms with Gasteiger partial charge in [-0.05, 0) is 20.8 Å². The average Bonchev–Trinajstić information content (AvgIpc) is 2.50. The molecule has 0 aromatic rings. The van der Waals surface area contributed by atoms with Gasteiger partial charge in [-0.3, -0.25) is 19.2 Å². The molecular formula is C14H24N4O8. The van der Waals surface area contributed by atoms with Crippen LogP contribution in [0.1, 0.15) is 27.2 Å². The average molecular weight is 376 g/mol. The molecule has 0 aromatic heterocycles. The number of aliphatic hydroxyl groups excluding tert-OH is 1. The van der Waals surface area contributed by atoms with Gasteiger partial charge in [0.25, 0.3) is 0 Å². The smallest absolute Gasteiger partial charge is 0.328 e. The minimum Gasteiger partial charge on any atom is -0.481 e. The van der Waals surface area contributed by atoms with Crippen LogP contribution in [0, 0.1) is 0 Å². The summed E-state index contributed by atoms with van der Waals surface area (Å²) in [4.78, 5) is 56.9. The van der Waals surface area contributed by atoms with Gasteiger partial charge in [0.1, 0.15) is 12.1 Å². The van der Waals surface area contributed by atoms with Crippen molar-refractivity contribution in [3.05, 3.63) is 0 Å². The third kappa shape index (κ3) is 7.90. The highest BCUT2D eigenvalue weighted by atomic mass is 16.4. The molecule has 5 unspecified atom stereocenters. The van der Waals surface area contributed by atoms with Gasteiger partial charge in [-0.25, -0.2) is 4.79 Å². The molecule has 3 amide bonds. The number of aliphatic hydroxyl groups is 1. The lowest BCUT2D eigenvalue weighted by Crippen LogP contribution is -2.56. The Morgan fingerprint density at radius 1 is 0.846 bits per heavy atom. The molecule has 12 heteroatoms. The van der Waals surface area contributed by atoms with Gasteiger partial charge >= 0.3 is 11.9 Å². The minimum absolute atomic E-state index is 0.616. The molecule has 0 fully saturated rings. The van der Waals surface area contributed by atoms with Gasteiger partial charge in [-0.2, -0.15) is 0 Å². The highest BCUT2D eigenvalue weighted by molar-refractivity contribution is 5.94. The number of hydrogen-bond acceptors (Lipinski definition) is 7. The first-order valence-corrected chi connectivity index (χ1v) is 7.66. The fourth-order valence-electron chi connectivity index (χ4n) is 1.74. The van der Waals surface area contributed by atoms with Crippen LogP contribution in [0.4, 0.5) is 0 Å². The van der Waals surface area contributed by atoms with E-state index in [0.717, 1.165) is 0 Å². The van der Waals surface area contributed by atoms with E-state index in [1.165, 1.54) is 20.8 Å². The molecule has 8 N–H and O–H groups in total. The Bertz CT molecular complexity index is 565. The fourth-order valence-corrected chi connectivity index (χ4v) is 1.74. The molecule has 148 valence electrons. The molecule has 0 saturated heterocycles. The maximum atomic E-state index is 12.0. The zero-order valence-corrected chi connectivity index (χ0v) is 14.6. The van der Waals surface area contributed by atoms with Crippen LogP contribution in [0.3, 0.4) is 0 Å². The van der Waals surface area contributed by atoms with E-state index in [4.69, 9.17) is 15.9 Å². The Kier molecular flexibility index (Phi) is 9.22. The standard InChI is InChI=1S/C14H24N4O8/c1-5(17-13(24)8(15)4-9(20)21)11(22)16-6(2)12(23)18-10(7(3)19)14(25)26/h5-8,10,19H,4,15H2,1-3H3,(H,16,22)(H,17,24)(H,18,23)(H,20,21)(H,25,26). The molecule has 12 nitrogen and oxygen atoms in total. The maximum absolute atomic E-state index is 12.0. The van der Waals surface area contributed by atoms with Gasteiger partial charge in [0, 0.05) is 0 Å². The number of amides is 3. The Balaban J connectivity index is 4.64. The number of hydrogen-bond donors (Lipinski definition) is 7. The van der Waals surface area contributed by atoms with Crippen LogP contribution < -0.4 is 21.7 Å². The summed E-state index contributed by atoms with van der Waals surface area (Å²) in [7, 11) is 0. The summed E-state index contributed by atoms with van der Waals surface area (Å²) in [6.07, 6.45) is -1.97. The number of aliphatic carboxylic acids is 2. The van der Waals surface area contributed by atoms with E-state index in [1.807, 2.05) is 0 Å². The van der Waals surface area contributed by atoms with Gasteiger partial charge in [0.05, 0.1) is 18.6 Å². The molecule has 0 aliphatic heterocycles. The lowest BCUT2D eigenvalue weighted by molar-refractivity contribution is -0.145. The Morgan fingerprint density at radius 3 is 1.65 bits per heavy atom. The molecule has 0 radical (unpaired) electrons. The predicted molar refractivity (Wildman–Crippen MR) is 86.7 cm³/mol. The third-order valence-corrected chi connectivity index (χ3v) is 3.28. The molecule has 0 aliphatic carbocycles. The van der Waals surface area contributed by atoms with E-state index in [1.54, 1.807) is 0 Å². The van der Waals surface area contributed by atoms with Crippen LogP contribution in [0.5, 0.6) is 0 Å². The summed E-state index contributed by atoms with van der Waals surface area (Å²) < 4.78 is 0. The van der Waals surface area contributed by atoms with Crippen LogP contribution in [0.2, 0.25) is 0 Å². The predicted octanol–water partition coefficient (Wildman–Crippen LogP) is -3.25. The quantitative estimate of drug-likeness (QED) is 0.204. The highest BCUT2D eigenvalue weighted by Gasteiger charge is 2.29. The first-order chi connectivity index (χ1) is 11.9. The van der Waals surface area contributed by atoms with Crippen molar-refractivity contribution in [2.45, 2.75) is 57.5 Å². The molecular weight excluding hydrogens is 352 g/mol. The normalized spacial score (nSPS) is 16.3. The number of carboxylic acid groups (broad SMARTS) is 2. The van der Waals surface area contributed by atoms with Crippen molar-refractivity contribution in [2.24, 2.45) is 5.73 Å². The van der Waals surface area contributed by atoms with Gasteiger partial charge in [0.2, 0.25) is 17.7 Å². The van der Waals surface area contributed by atoms with E-state index in [0.29, 0.717) is 0 Å². The monoisotopic (exact) mass is 376 g/mol. The second-order valence-corrected chi connectivity index (χ2v) is 5.73. The van der Waals surface area contributed by atoms with Crippen LogP contribution in [-0.2, 0) is 24.0 Å². The Labute approximate surface area is 149 Å². The number of nitrogens with two attached hydrogens (primary N) is 1. The van der Waals surface area contributed by atoms with Gasteiger partial charge in [-0.1, -0.05) is 0 Å². The molecule has 0 spiro atoms. The second-order valence-electron chi connectivity index (χ2n) is 5.73. The van der Waals surface area contributed by atoms with Crippen molar-refractivity contribution < 1.29 is 39.3 Å². The van der Waals surface area contributed by atoms with E-state index >= 15 is 0 Å². The van der Waals surface area contributed by atoms with Gasteiger partial charge < -0.3 is 37.0 Å². The van der Waals surface area contributed by atoms with Crippen molar-refractivity contribution in [1.29, 1.82) is 0 Å². The molecule has 0 aliphatic rings. The number of nitrogens with one attached hydrogen (secondary N) is 3. The highest BCUT2D eigenvalue weighted by Crippen LogP contribution is 1.96. The Morgan fingerprint density at radius 2 is 1.27 bits per heavy atom. The van der Waals surface area contributed by atoms with Gasteiger partial charge in [-0.15, -0.1) is 0 Å². The third-order valence-electron chi connectivity index (χ3n) is 3.28. The number of rotatable bonds is 10. The van der Waals surface area contributed by atoms with Crippen LogP contribution in [-0.4, -0.2) is 75.3 Å². The van der Waals surface area contributed by atoms with Crippen LogP contribution in [0.25, 0.3) is 0 Å². The molecule has 0 rings (SSSR count). The number of carbonyl (C=O) groups is 5. The SMILES string of the molecule is CC(NC(=O)C(N)CC(=O)O)C(=O)NC(C)C(=O)NC(C(=O)O)C(C)O. The van der Waals surface area contributed by atoms with Crippen molar-refractivity contribution in [1.82, 2.24) is 16.0 Å². The van der Waals surface area contributed by atoms with Crippen molar-refractivity contribution in [2.75, 3.05) is 0 Å². The first kappa shape index (κ1) is 23.3. The largest absolute Gasteiger partial charge is 0.481 e. The number of carbonyl (C=O) groups excluding carboxylic acids is 3. The number of carboxylic acids is 2. The summed E-state index contributed by atoms with van der Waals surface area (Å²) >= 11 is 0. The molecule has 0 bridgehead atoms. The van der Waals surface area contributed by atoms with E-state index in [9.17, 15) is 29.1 Å². The van der Waals surface area contributed by atoms with E-state index in [2.05, 4.69) is 16.0 Å². The Hall–Kier alpha value is -2.73. The van der Waals surface area contributed by atoms with Crippen molar-refractivity contribution >= 4 is 29.7 Å². The lowest BCUT2D eigenvalue weighted by Gasteiger charge is -2.22.